The van der Waals surface area contributed by atoms with Gasteiger partial charge < -0.3 is 0 Å². The fourth-order valence-corrected chi connectivity index (χ4v) is 3.16. The molecule has 0 aromatic heterocycles. The highest BCUT2D eigenvalue weighted by Gasteiger charge is 2.24. The Labute approximate surface area is 126 Å². The highest BCUT2D eigenvalue weighted by atomic mass is 14.3. The minimum Gasteiger partial charge on any atom is -0.112 e. The van der Waals surface area contributed by atoms with Gasteiger partial charge in [0.05, 0.1) is 0 Å². The van der Waals surface area contributed by atoms with Gasteiger partial charge in [-0.15, -0.1) is 5.73 Å². The van der Waals surface area contributed by atoms with Gasteiger partial charge in [0.1, 0.15) is 0 Å². The molecule has 2 aliphatic carbocycles. The van der Waals surface area contributed by atoms with Crippen molar-refractivity contribution in [3.63, 3.8) is 0 Å². The van der Waals surface area contributed by atoms with Crippen molar-refractivity contribution in [1.29, 1.82) is 0 Å². The molecule has 21 heavy (non-hydrogen) atoms. The number of rotatable bonds is 1. The summed E-state index contributed by atoms with van der Waals surface area (Å²) in [5.41, 5.74) is 10.1. The minimum absolute atomic E-state index is 1.08. The van der Waals surface area contributed by atoms with E-state index in [1.807, 2.05) is 26.0 Å². The van der Waals surface area contributed by atoms with E-state index in [1.54, 1.807) is 0 Å². The summed E-state index contributed by atoms with van der Waals surface area (Å²) in [6.45, 7) is 6.22. The summed E-state index contributed by atoms with van der Waals surface area (Å²) in [6.07, 6.45) is 9.42. The van der Waals surface area contributed by atoms with E-state index >= 15 is 0 Å². The summed E-state index contributed by atoms with van der Waals surface area (Å²) in [6, 6.07) is 11.2. The molecule has 0 heterocycles. The second-order valence-electron chi connectivity index (χ2n) is 5.01. The van der Waals surface area contributed by atoms with E-state index in [2.05, 4.69) is 55.1 Å². The van der Waals surface area contributed by atoms with E-state index in [9.17, 15) is 0 Å². The number of hydrogen-bond acceptors (Lipinski definition) is 0. The van der Waals surface area contributed by atoms with Crippen molar-refractivity contribution >= 4 is 21.9 Å². The Bertz CT molecular complexity index is 822. The topological polar surface area (TPSA) is 0 Å². The summed E-state index contributed by atoms with van der Waals surface area (Å²) >= 11 is 0. The van der Waals surface area contributed by atoms with Gasteiger partial charge in [0.15, 0.2) is 0 Å². The third-order valence-electron chi connectivity index (χ3n) is 4.04. The summed E-state index contributed by atoms with van der Waals surface area (Å²) in [5, 5.41) is 2.80. The van der Waals surface area contributed by atoms with Crippen molar-refractivity contribution in [2.75, 3.05) is 0 Å². The molecule has 0 bridgehead atoms. The molecular weight excluding hydrogens is 252 g/mol. The largest absolute Gasteiger partial charge is 0.112 e. The maximum atomic E-state index is 3.42. The Morgan fingerprint density at radius 2 is 1.81 bits per heavy atom. The summed E-state index contributed by atoms with van der Waals surface area (Å²) in [4.78, 5) is 0. The number of allylic oxidation sites excluding steroid dienone is 5. The molecule has 0 aliphatic heterocycles. The Morgan fingerprint density at radius 1 is 0.952 bits per heavy atom. The molecule has 0 fully saturated rings. The molecule has 2 aliphatic rings. The van der Waals surface area contributed by atoms with E-state index in [0.717, 1.165) is 6.42 Å². The first-order valence-corrected chi connectivity index (χ1v) is 7.79. The standard InChI is InChI=1S/C19H14.C2H6/c1-2-13-11-12-18-16-8-5-3-4-7-15(16)17-10-6-9-14(13)19(17)18;1-2/h3-7,9-12H,2H2,1H3;1-2H3. The predicted octanol–water partition coefficient (Wildman–Crippen LogP) is 5.93. The van der Waals surface area contributed by atoms with Crippen molar-refractivity contribution in [3.05, 3.63) is 77.1 Å². The lowest BCUT2D eigenvalue weighted by molar-refractivity contribution is 1.16. The second kappa shape index (κ2) is 5.60. The van der Waals surface area contributed by atoms with Crippen molar-refractivity contribution < 1.29 is 0 Å². The molecular formula is C21H20. The van der Waals surface area contributed by atoms with Crippen LogP contribution in [0.25, 0.3) is 21.9 Å². The highest BCUT2D eigenvalue weighted by Crippen LogP contribution is 2.46. The first-order valence-electron chi connectivity index (χ1n) is 7.79. The molecule has 0 N–H and O–H groups in total. The van der Waals surface area contributed by atoms with Gasteiger partial charge in [0, 0.05) is 5.57 Å². The average molecular weight is 272 g/mol. The van der Waals surface area contributed by atoms with Crippen LogP contribution in [0, 0.1) is 0 Å². The Morgan fingerprint density at radius 3 is 2.62 bits per heavy atom. The molecule has 0 saturated heterocycles. The van der Waals surface area contributed by atoms with Crippen LogP contribution in [0.5, 0.6) is 0 Å². The summed E-state index contributed by atoms with van der Waals surface area (Å²) in [7, 11) is 0. The van der Waals surface area contributed by atoms with E-state index in [-0.39, 0.29) is 0 Å². The van der Waals surface area contributed by atoms with Gasteiger partial charge in [-0.25, -0.2) is 0 Å². The van der Waals surface area contributed by atoms with Gasteiger partial charge in [-0.05, 0) is 45.5 Å². The molecule has 2 aromatic rings. The van der Waals surface area contributed by atoms with Crippen LogP contribution in [-0.2, 0) is 6.42 Å². The zero-order valence-corrected chi connectivity index (χ0v) is 12.9. The van der Waals surface area contributed by atoms with Gasteiger partial charge in [-0.2, -0.15) is 0 Å². The van der Waals surface area contributed by atoms with Gasteiger partial charge in [0.25, 0.3) is 0 Å². The van der Waals surface area contributed by atoms with Gasteiger partial charge in [0.2, 0.25) is 0 Å². The SMILES string of the molecule is CC.CCc1ccc2c3c(cccc13)C1=CC=CC=C=C12. The molecule has 0 heteroatoms. The quantitative estimate of drug-likeness (QED) is 0.564. The zero-order valence-electron chi connectivity index (χ0n) is 12.9. The maximum absolute atomic E-state index is 3.42. The number of benzene rings is 2. The van der Waals surface area contributed by atoms with E-state index in [0.29, 0.717) is 0 Å². The van der Waals surface area contributed by atoms with Crippen LogP contribution in [0.4, 0.5) is 0 Å². The van der Waals surface area contributed by atoms with Crippen molar-refractivity contribution in [2.45, 2.75) is 27.2 Å². The molecule has 0 radical (unpaired) electrons. The Hall–Kier alpha value is -2.30. The third-order valence-corrected chi connectivity index (χ3v) is 4.04. The monoisotopic (exact) mass is 272 g/mol. The van der Waals surface area contributed by atoms with Crippen LogP contribution >= 0.6 is 0 Å². The molecule has 104 valence electrons. The molecule has 0 unspecified atom stereocenters. The fraction of sp³-hybridized carbons (Fsp3) is 0.190. The highest BCUT2D eigenvalue weighted by molar-refractivity contribution is 6.22. The van der Waals surface area contributed by atoms with Crippen molar-refractivity contribution in [1.82, 2.24) is 0 Å². The normalized spacial score (nSPS) is 14.0. The Balaban J connectivity index is 0.000000636. The summed E-state index contributed by atoms with van der Waals surface area (Å²) < 4.78 is 0. The van der Waals surface area contributed by atoms with Crippen molar-refractivity contribution in [2.24, 2.45) is 0 Å². The number of fused-ring (bicyclic) bond motifs is 3. The van der Waals surface area contributed by atoms with Crippen LogP contribution in [0.3, 0.4) is 0 Å². The van der Waals surface area contributed by atoms with Crippen molar-refractivity contribution in [3.8, 4) is 0 Å². The molecule has 4 rings (SSSR count). The van der Waals surface area contributed by atoms with Crippen LogP contribution in [0.1, 0.15) is 37.5 Å². The lowest BCUT2D eigenvalue weighted by Crippen LogP contribution is -1.86. The lowest BCUT2D eigenvalue weighted by atomic mass is 9.98. The molecule has 0 spiro atoms. The lowest BCUT2D eigenvalue weighted by Gasteiger charge is -2.06. The van der Waals surface area contributed by atoms with Gasteiger partial charge >= 0.3 is 0 Å². The molecule has 0 amide bonds. The van der Waals surface area contributed by atoms with Crippen LogP contribution in [0.15, 0.2) is 60.4 Å². The van der Waals surface area contributed by atoms with Crippen LogP contribution in [-0.4, -0.2) is 0 Å². The molecule has 0 atom stereocenters. The second-order valence-corrected chi connectivity index (χ2v) is 5.01. The predicted molar refractivity (Wildman–Crippen MR) is 93.3 cm³/mol. The van der Waals surface area contributed by atoms with E-state index < -0.39 is 0 Å². The molecule has 0 saturated carbocycles. The number of hydrogen-bond donors (Lipinski definition) is 0. The smallest absolute Gasteiger partial charge is 0.0322 e. The van der Waals surface area contributed by atoms with Crippen LogP contribution < -0.4 is 0 Å². The first kappa shape index (κ1) is 13.7. The van der Waals surface area contributed by atoms with Gasteiger partial charge in [-0.3, -0.25) is 0 Å². The average Bonchev–Trinajstić information content (AvgIpc) is 2.71. The maximum Gasteiger partial charge on any atom is 0.0322 e. The van der Waals surface area contributed by atoms with E-state index in [1.165, 1.54) is 38.6 Å². The zero-order chi connectivity index (χ0) is 14.8. The Kier molecular flexibility index (Phi) is 3.64. The minimum atomic E-state index is 1.08. The van der Waals surface area contributed by atoms with E-state index in [4.69, 9.17) is 0 Å². The fourth-order valence-electron chi connectivity index (χ4n) is 3.16. The summed E-state index contributed by atoms with van der Waals surface area (Å²) in [5.74, 6) is 0. The van der Waals surface area contributed by atoms with Crippen LogP contribution in [0.2, 0.25) is 0 Å². The molecule has 0 nitrogen and oxygen atoms in total. The number of aryl methyl sites for hydroxylation is 1. The third kappa shape index (κ3) is 2.00. The van der Waals surface area contributed by atoms with Gasteiger partial charge in [-0.1, -0.05) is 69.3 Å². The first-order chi connectivity index (χ1) is 10.4. The molecule has 2 aromatic carbocycles.